The molecule has 1 aliphatic rings. The molecule has 36 heavy (non-hydrogen) atoms. The number of rotatable bonds is 7. The van der Waals surface area contributed by atoms with Gasteiger partial charge in [0.2, 0.25) is 0 Å². The van der Waals surface area contributed by atoms with Crippen LogP contribution in [0.25, 0.3) is 0 Å². The Balaban J connectivity index is 1.32. The summed E-state index contributed by atoms with van der Waals surface area (Å²) in [6.07, 6.45) is 1.72. The molecule has 0 radical (unpaired) electrons. The van der Waals surface area contributed by atoms with Gasteiger partial charge in [0.25, 0.3) is 11.8 Å². The predicted molar refractivity (Wildman–Crippen MR) is 132 cm³/mol. The fraction of sp³-hybridized carbons (Fsp3) is 0.269. The predicted octanol–water partition coefficient (Wildman–Crippen LogP) is 3.39. The largest absolute Gasteiger partial charge is 0.507 e. The smallest absolute Gasteiger partial charge is 0.255 e. The second kappa shape index (κ2) is 11.1. The van der Waals surface area contributed by atoms with Crippen LogP contribution in [0, 0.1) is 11.6 Å². The van der Waals surface area contributed by atoms with Crippen LogP contribution in [-0.2, 0) is 6.54 Å². The summed E-state index contributed by atoms with van der Waals surface area (Å²) < 4.78 is 26.7. The molecule has 2 heterocycles. The molecule has 0 saturated carbocycles. The van der Waals surface area contributed by atoms with Crippen molar-refractivity contribution in [1.29, 1.82) is 0 Å². The summed E-state index contributed by atoms with van der Waals surface area (Å²) in [7, 11) is 0. The molecule has 1 fully saturated rings. The number of phenols is 1. The van der Waals surface area contributed by atoms with E-state index in [1.54, 1.807) is 6.20 Å². The molecule has 0 unspecified atom stereocenters. The first-order valence-electron chi connectivity index (χ1n) is 11.6. The second-order valence-electron chi connectivity index (χ2n) is 8.47. The van der Waals surface area contributed by atoms with Gasteiger partial charge in [-0.15, -0.1) is 0 Å². The molecular formula is C26H27F2N5O3. The highest BCUT2D eigenvalue weighted by atomic mass is 19.1. The maximum absolute atomic E-state index is 13.3. The van der Waals surface area contributed by atoms with Crippen molar-refractivity contribution in [2.24, 2.45) is 0 Å². The van der Waals surface area contributed by atoms with Crippen LogP contribution >= 0.6 is 0 Å². The summed E-state index contributed by atoms with van der Waals surface area (Å²) in [6, 6.07) is 10.2. The van der Waals surface area contributed by atoms with Gasteiger partial charge in [-0.3, -0.25) is 9.59 Å². The highest BCUT2D eigenvalue weighted by molar-refractivity contribution is 6.05. The lowest BCUT2D eigenvalue weighted by atomic mass is 10.1. The summed E-state index contributed by atoms with van der Waals surface area (Å²) in [6.45, 7) is 7.28. The van der Waals surface area contributed by atoms with Crippen LogP contribution in [0.3, 0.4) is 0 Å². The SMILES string of the molecule is CCN1CCN(c2ccc(CNC(=O)c3ccc(NC(=O)c4cc(F)cc(F)c4)cc3O)cn2)CC1. The van der Waals surface area contributed by atoms with Crippen LogP contribution in [-0.4, -0.2) is 59.5 Å². The Bertz CT molecular complexity index is 1220. The average molecular weight is 496 g/mol. The lowest BCUT2D eigenvalue weighted by Crippen LogP contribution is -2.46. The Morgan fingerprint density at radius 2 is 1.69 bits per heavy atom. The molecule has 0 bridgehead atoms. The molecule has 188 valence electrons. The van der Waals surface area contributed by atoms with Gasteiger partial charge in [-0.2, -0.15) is 0 Å². The van der Waals surface area contributed by atoms with Gasteiger partial charge in [0.05, 0.1) is 5.56 Å². The fourth-order valence-electron chi connectivity index (χ4n) is 3.97. The van der Waals surface area contributed by atoms with Crippen LogP contribution in [0.4, 0.5) is 20.3 Å². The number of likely N-dealkylation sites (N-methyl/N-ethyl adjacent to an activating group) is 1. The van der Waals surface area contributed by atoms with E-state index in [1.807, 2.05) is 12.1 Å². The Morgan fingerprint density at radius 3 is 2.31 bits per heavy atom. The first kappa shape index (κ1) is 25.1. The van der Waals surface area contributed by atoms with Gasteiger partial charge >= 0.3 is 0 Å². The third kappa shape index (κ3) is 6.14. The van der Waals surface area contributed by atoms with E-state index in [0.717, 1.165) is 56.2 Å². The summed E-state index contributed by atoms with van der Waals surface area (Å²) in [4.78, 5) is 34.0. The third-order valence-corrected chi connectivity index (χ3v) is 6.03. The minimum atomic E-state index is -0.880. The van der Waals surface area contributed by atoms with E-state index in [-0.39, 0.29) is 29.1 Å². The van der Waals surface area contributed by atoms with Gasteiger partial charge in [0.15, 0.2) is 0 Å². The number of aromatic hydroxyl groups is 1. The fourth-order valence-corrected chi connectivity index (χ4v) is 3.97. The van der Waals surface area contributed by atoms with E-state index in [2.05, 4.69) is 32.3 Å². The van der Waals surface area contributed by atoms with Crippen molar-refractivity contribution >= 4 is 23.3 Å². The monoisotopic (exact) mass is 495 g/mol. The van der Waals surface area contributed by atoms with E-state index in [4.69, 9.17) is 0 Å². The highest BCUT2D eigenvalue weighted by Crippen LogP contribution is 2.23. The molecule has 3 N–H and O–H groups in total. The van der Waals surface area contributed by atoms with Crippen molar-refractivity contribution < 1.29 is 23.5 Å². The van der Waals surface area contributed by atoms with Gasteiger partial charge in [-0.05, 0) is 42.4 Å². The van der Waals surface area contributed by atoms with E-state index in [1.165, 1.54) is 18.2 Å². The average Bonchev–Trinajstić information content (AvgIpc) is 2.87. The van der Waals surface area contributed by atoms with Crippen LogP contribution in [0.1, 0.15) is 33.2 Å². The van der Waals surface area contributed by atoms with E-state index >= 15 is 0 Å². The van der Waals surface area contributed by atoms with Crippen LogP contribution in [0.2, 0.25) is 0 Å². The Kier molecular flexibility index (Phi) is 7.74. The molecular weight excluding hydrogens is 468 g/mol. The number of nitrogens with one attached hydrogen (secondary N) is 2. The number of nitrogens with zero attached hydrogens (tertiary/aromatic N) is 3. The van der Waals surface area contributed by atoms with E-state index in [9.17, 15) is 23.5 Å². The van der Waals surface area contributed by atoms with Gasteiger partial charge in [-0.1, -0.05) is 13.0 Å². The summed E-state index contributed by atoms with van der Waals surface area (Å²) >= 11 is 0. The third-order valence-electron chi connectivity index (χ3n) is 6.03. The number of carbonyl (C=O) groups is 2. The summed E-state index contributed by atoms with van der Waals surface area (Å²) in [5.74, 6) is -2.47. The minimum Gasteiger partial charge on any atom is -0.507 e. The number of amides is 2. The number of pyridine rings is 1. The number of piperazine rings is 1. The zero-order valence-corrected chi connectivity index (χ0v) is 19.8. The Hall–Kier alpha value is -4.05. The molecule has 1 aromatic heterocycles. The molecule has 3 aromatic rings. The topological polar surface area (TPSA) is 97.8 Å². The first-order valence-corrected chi connectivity index (χ1v) is 11.6. The number of aromatic nitrogens is 1. The molecule has 1 aliphatic heterocycles. The molecule has 0 atom stereocenters. The van der Waals surface area contributed by atoms with Crippen molar-refractivity contribution in [1.82, 2.24) is 15.2 Å². The minimum absolute atomic E-state index is 0.0168. The molecule has 0 aliphatic carbocycles. The summed E-state index contributed by atoms with van der Waals surface area (Å²) in [5, 5.41) is 15.5. The van der Waals surface area contributed by atoms with Crippen LogP contribution in [0.5, 0.6) is 5.75 Å². The maximum atomic E-state index is 13.3. The molecule has 10 heteroatoms. The standard InChI is InChI=1S/C26H27F2N5O3/c1-2-32-7-9-33(10-8-32)24-6-3-17(15-29-24)16-30-26(36)22-5-4-21(14-23(22)34)31-25(35)18-11-19(27)13-20(28)12-18/h3-6,11-15,34H,2,7-10,16H2,1H3,(H,30,36)(H,31,35). The van der Waals surface area contributed by atoms with Crippen LogP contribution < -0.4 is 15.5 Å². The summed E-state index contributed by atoms with van der Waals surface area (Å²) in [5.41, 5.74) is 0.781. The Morgan fingerprint density at radius 1 is 0.972 bits per heavy atom. The molecule has 4 rings (SSSR count). The number of carbonyl (C=O) groups excluding carboxylic acids is 2. The Labute approximate surface area is 207 Å². The lowest BCUT2D eigenvalue weighted by molar-refractivity contribution is 0.0947. The highest BCUT2D eigenvalue weighted by Gasteiger charge is 2.17. The molecule has 1 saturated heterocycles. The lowest BCUT2D eigenvalue weighted by Gasteiger charge is -2.34. The van der Waals surface area contributed by atoms with Gasteiger partial charge in [0.1, 0.15) is 23.2 Å². The van der Waals surface area contributed by atoms with E-state index < -0.39 is 23.4 Å². The zero-order chi connectivity index (χ0) is 25.7. The van der Waals surface area contributed by atoms with Crippen molar-refractivity contribution in [2.75, 3.05) is 42.9 Å². The maximum Gasteiger partial charge on any atom is 0.255 e. The van der Waals surface area contributed by atoms with Gasteiger partial charge < -0.3 is 25.5 Å². The number of anilines is 2. The van der Waals surface area contributed by atoms with Crippen molar-refractivity contribution in [3.8, 4) is 5.75 Å². The van der Waals surface area contributed by atoms with Crippen LogP contribution in [0.15, 0.2) is 54.7 Å². The number of halogens is 2. The first-order chi connectivity index (χ1) is 17.3. The van der Waals surface area contributed by atoms with E-state index in [0.29, 0.717) is 6.07 Å². The number of hydrogen-bond donors (Lipinski definition) is 3. The quantitative estimate of drug-likeness (QED) is 0.465. The van der Waals surface area contributed by atoms with Crippen molar-refractivity contribution in [3.05, 3.63) is 83.1 Å². The number of benzene rings is 2. The normalized spacial score (nSPS) is 13.9. The van der Waals surface area contributed by atoms with Crippen molar-refractivity contribution in [2.45, 2.75) is 13.5 Å². The zero-order valence-electron chi connectivity index (χ0n) is 19.8. The number of hydrogen-bond acceptors (Lipinski definition) is 6. The molecule has 0 spiro atoms. The van der Waals surface area contributed by atoms with Gasteiger partial charge in [-0.25, -0.2) is 13.8 Å². The van der Waals surface area contributed by atoms with Gasteiger partial charge in [0, 0.05) is 62.3 Å². The molecule has 2 amide bonds. The molecule has 2 aromatic carbocycles. The van der Waals surface area contributed by atoms with Crippen molar-refractivity contribution in [3.63, 3.8) is 0 Å². The number of phenolic OH excluding ortho intramolecular Hbond substituents is 1. The molecule has 8 nitrogen and oxygen atoms in total. The second-order valence-corrected chi connectivity index (χ2v) is 8.47.